The van der Waals surface area contributed by atoms with Gasteiger partial charge in [-0.15, -0.1) is 6.58 Å². The predicted molar refractivity (Wildman–Crippen MR) is 132 cm³/mol. The maximum atomic E-state index is 15.2. The zero-order valence-corrected chi connectivity index (χ0v) is 20.2. The van der Waals surface area contributed by atoms with Crippen LogP contribution in [0, 0.1) is 35.2 Å². The van der Waals surface area contributed by atoms with Crippen molar-refractivity contribution in [1.29, 1.82) is 0 Å². The molecule has 2 aromatic carbocycles. The lowest BCUT2D eigenvalue weighted by Gasteiger charge is -2.42. The highest BCUT2D eigenvalue weighted by atomic mass is 19.2. The average molecular weight is 457 g/mol. The van der Waals surface area contributed by atoms with Gasteiger partial charge in [-0.3, -0.25) is 0 Å². The first-order valence-corrected chi connectivity index (χ1v) is 13.2. The molecule has 0 N–H and O–H groups in total. The fraction of sp³-hybridized carbons (Fsp3) is 0.600. The third kappa shape index (κ3) is 5.33. The number of hydrogen-bond acceptors (Lipinski definition) is 0. The molecule has 2 fully saturated rings. The van der Waals surface area contributed by atoms with Gasteiger partial charge >= 0.3 is 0 Å². The molecule has 2 aliphatic carbocycles. The summed E-state index contributed by atoms with van der Waals surface area (Å²) in [5.41, 5.74) is 0.874. The highest BCUT2D eigenvalue weighted by molar-refractivity contribution is 5.85. The van der Waals surface area contributed by atoms with Crippen LogP contribution in [0.1, 0.15) is 101 Å². The number of allylic oxidation sites excluding steroid dienone is 1. The highest BCUT2D eigenvalue weighted by Gasteiger charge is 2.37. The van der Waals surface area contributed by atoms with Gasteiger partial charge < -0.3 is 0 Å². The topological polar surface area (TPSA) is 0 Å². The normalized spacial score (nSPS) is 25.2. The van der Waals surface area contributed by atoms with Crippen LogP contribution in [0.15, 0.2) is 30.9 Å². The summed E-state index contributed by atoms with van der Waals surface area (Å²) in [7, 11) is 0. The largest absolute Gasteiger partial charge is 0.206 e. The molecule has 0 heterocycles. The Balaban J connectivity index is 1.47. The molecule has 0 amide bonds. The molecule has 2 aliphatic rings. The van der Waals surface area contributed by atoms with Crippen LogP contribution in [0.4, 0.5) is 13.2 Å². The molecule has 0 aromatic heterocycles. The molecule has 0 nitrogen and oxygen atoms in total. The van der Waals surface area contributed by atoms with Gasteiger partial charge in [0.25, 0.3) is 0 Å². The van der Waals surface area contributed by atoms with Gasteiger partial charge in [0.05, 0.1) is 5.39 Å². The van der Waals surface area contributed by atoms with E-state index in [-0.39, 0.29) is 11.3 Å². The second kappa shape index (κ2) is 11.1. The van der Waals surface area contributed by atoms with Crippen LogP contribution in [0.5, 0.6) is 0 Å². The van der Waals surface area contributed by atoms with Gasteiger partial charge in [0.2, 0.25) is 0 Å². The van der Waals surface area contributed by atoms with Gasteiger partial charge in [0.1, 0.15) is 5.82 Å². The van der Waals surface area contributed by atoms with Gasteiger partial charge in [0, 0.05) is 0 Å². The monoisotopic (exact) mass is 456 g/mol. The van der Waals surface area contributed by atoms with Crippen LogP contribution >= 0.6 is 0 Å². The number of rotatable bonds is 9. The lowest BCUT2D eigenvalue weighted by Crippen LogP contribution is -2.30. The summed E-state index contributed by atoms with van der Waals surface area (Å²) < 4.78 is 45.3. The molecule has 2 aromatic rings. The van der Waals surface area contributed by atoms with Crippen LogP contribution in [0.25, 0.3) is 10.8 Å². The Bertz CT molecular complexity index is 963. The molecular weight excluding hydrogens is 417 g/mol. The minimum Gasteiger partial charge on any atom is -0.206 e. The van der Waals surface area contributed by atoms with E-state index >= 15 is 8.78 Å². The quantitative estimate of drug-likeness (QED) is 0.260. The number of unbranched alkanes of at least 4 members (excludes halogenated alkanes) is 3. The summed E-state index contributed by atoms with van der Waals surface area (Å²) in [4.78, 5) is 0. The van der Waals surface area contributed by atoms with Gasteiger partial charge in [-0.2, -0.15) is 0 Å². The van der Waals surface area contributed by atoms with Crippen LogP contribution < -0.4 is 0 Å². The van der Waals surface area contributed by atoms with Crippen molar-refractivity contribution in [2.24, 2.45) is 17.8 Å². The van der Waals surface area contributed by atoms with E-state index in [1.54, 1.807) is 24.3 Å². The molecule has 33 heavy (non-hydrogen) atoms. The van der Waals surface area contributed by atoms with E-state index < -0.39 is 17.5 Å². The van der Waals surface area contributed by atoms with E-state index in [9.17, 15) is 4.39 Å². The molecule has 0 radical (unpaired) electrons. The van der Waals surface area contributed by atoms with Crippen molar-refractivity contribution in [3.05, 3.63) is 59.4 Å². The Kier molecular flexibility index (Phi) is 8.20. The second-order valence-electron chi connectivity index (χ2n) is 10.6. The fourth-order valence-electron chi connectivity index (χ4n) is 6.58. The molecule has 4 atom stereocenters. The maximum absolute atomic E-state index is 15.2. The van der Waals surface area contributed by atoms with Gasteiger partial charge in [-0.25, -0.2) is 13.2 Å². The van der Waals surface area contributed by atoms with Crippen molar-refractivity contribution in [3.63, 3.8) is 0 Å². The fourth-order valence-corrected chi connectivity index (χ4v) is 6.58. The zero-order valence-electron chi connectivity index (χ0n) is 20.2. The molecule has 0 bridgehead atoms. The third-order valence-electron chi connectivity index (χ3n) is 8.48. The molecule has 4 rings (SSSR count). The molecule has 180 valence electrons. The molecule has 0 saturated heterocycles. The third-order valence-corrected chi connectivity index (χ3v) is 8.48. The predicted octanol–water partition coefficient (Wildman–Crippen LogP) is 9.65. The SMILES string of the molecule is C=CCCc1ccc2cc(C3CCC4CC(CCCCCC)CCC4C3)c(F)c(F)c2c1F. The van der Waals surface area contributed by atoms with E-state index in [1.165, 1.54) is 51.4 Å². The Labute approximate surface area is 197 Å². The Morgan fingerprint density at radius 2 is 1.70 bits per heavy atom. The van der Waals surface area contributed by atoms with E-state index in [2.05, 4.69) is 13.5 Å². The Morgan fingerprint density at radius 1 is 0.909 bits per heavy atom. The standard InChI is InChI=1S/C30H39F3/c1-3-5-7-8-9-20-11-12-23-18-24(15-14-22(23)17-20)26-19-25-16-13-21(10-6-4-2)28(31)27(25)30(33)29(26)32/h4,13,16,19-20,22-24H,2-3,5-12,14-15,17-18H2,1H3. The number of aryl methyl sites for hydroxylation is 1. The minimum atomic E-state index is -1.02. The van der Waals surface area contributed by atoms with Crippen LogP contribution in [-0.4, -0.2) is 0 Å². The van der Waals surface area contributed by atoms with Crippen molar-refractivity contribution in [3.8, 4) is 0 Å². The number of benzene rings is 2. The maximum Gasteiger partial charge on any atom is 0.169 e. The summed E-state index contributed by atoms with van der Waals surface area (Å²) >= 11 is 0. The minimum absolute atomic E-state index is 0.0368. The van der Waals surface area contributed by atoms with Gasteiger partial charge in [0.15, 0.2) is 11.6 Å². The Hall–Kier alpha value is -1.77. The van der Waals surface area contributed by atoms with Crippen LogP contribution in [-0.2, 0) is 6.42 Å². The average Bonchev–Trinajstić information content (AvgIpc) is 2.83. The van der Waals surface area contributed by atoms with Crippen LogP contribution in [0.3, 0.4) is 0 Å². The smallest absolute Gasteiger partial charge is 0.169 e. The number of halogens is 3. The van der Waals surface area contributed by atoms with Gasteiger partial charge in [-0.1, -0.05) is 63.7 Å². The molecule has 0 aliphatic heterocycles. The zero-order chi connectivity index (χ0) is 23.4. The summed E-state index contributed by atoms with van der Waals surface area (Å²) in [5, 5.41) is 0.275. The molecule has 0 spiro atoms. The van der Waals surface area contributed by atoms with Crippen molar-refractivity contribution in [2.75, 3.05) is 0 Å². The summed E-state index contributed by atoms with van der Waals surface area (Å²) in [6.45, 7) is 5.91. The Morgan fingerprint density at radius 3 is 2.48 bits per heavy atom. The lowest BCUT2D eigenvalue weighted by atomic mass is 9.63. The van der Waals surface area contributed by atoms with Crippen LogP contribution in [0.2, 0.25) is 0 Å². The first kappa shape index (κ1) is 24.4. The van der Waals surface area contributed by atoms with Gasteiger partial charge in [-0.05, 0) is 91.2 Å². The molecule has 4 unspecified atom stereocenters. The second-order valence-corrected chi connectivity index (χ2v) is 10.6. The summed E-state index contributed by atoms with van der Waals surface area (Å²) in [6, 6.07) is 5.18. The first-order chi connectivity index (χ1) is 16.0. The van der Waals surface area contributed by atoms with E-state index in [1.807, 2.05) is 0 Å². The summed E-state index contributed by atoms with van der Waals surface area (Å²) in [6.07, 6.45) is 16.2. The van der Waals surface area contributed by atoms with Crippen molar-refractivity contribution >= 4 is 10.8 Å². The number of fused-ring (bicyclic) bond motifs is 2. The van der Waals surface area contributed by atoms with E-state index in [0.29, 0.717) is 35.3 Å². The molecule has 3 heteroatoms. The van der Waals surface area contributed by atoms with E-state index in [4.69, 9.17) is 0 Å². The lowest BCUT2D eigenvalue weighted by molar-refractivity contribution is 0.112. The van der Waals surface area contributed by atoms with Crippen molar-refractivity contribution in [2.45, 2.75) is 96.3 Å². The van der Waals surface area contributed by atoms with Crippen molar-refractivity contribution < 1.29 is 13.2 Å². The highest BCUT2D eigenvalue weighted by Crippen LogP contribution is 2.49. The first-order valence-electron chi connectivity index (χ1n) is 13.2. The summed E-state index contributed by atoms with van der Waals surface area (Å²) in [5.74, 6) is -0.231. The van der Waals surface area contributed by atoms with Crippen molar-refractivity contribution in [1.82, 2.24) is 0 Å². The van der Waals surface area contributed by atoms with E-state index in [0.717, 1.165) is 31.1 Å². The molecule has 2 saturated carbocycles. The number of hydrogen-bond donors (Lipinski definition) is 0. The molecular formula is C30H39F3.